The van der Waals surface area contributed by atoms with Crippen molar-refractivity contribution in [2.75, 3.05) is 6.54 Å². The minimum Gasteiger partial charge on any atom is -0.281 e. The van der Waals surface area contributed by atoms with E-state index in [9.17, 15) is 8.42 Å². The van der Waals surface area contributed by atoms with Crippen LogP contribution in [0.1, 0.15) is 26.0 Å². The van der Waals surface area contributed by atoms with E-state index in [1.165, 1.54) is 6.20 Å². The van der Waals surface area contributed by atoms with Crippen molar-refractivity contribution < 1.29 is 8.42 Å². The maximum absolute atomic E-state index is 11.8. The molecule has 0 fully saturated rings. The van der Waals surface area contributed by atoms with Gasteiger partial charge in [-0.25, -0.2) is 13.1 Å². The number of rotatable bonds is 5. The lowest BCUT2D eigenvalue weighted by Gasteiger charge is -2.09. The third-order valence-corrected chi connectivity index (χ3v) is 3.93. The number of hydrogen-bond acceptors (Lipinski definition) is 3. The molecule has 2 N–H and O–H groups in total. The molecule has 1 rings (SSSR count). The van der Waals surface area contributed by atoms with Crippen LogP contribution in [0.25, 0.3) is 0 Å². The topological polar surface area (TPSA) is 74.8 Å². The molecule has 1 heterocycles. The van der Waals surface area contributed by atoms with Crippen LogP contribution < -0.4 is 4.72 Å². The van der Waals surface area contributed by atoms with E-state index >= 15 is 0 Å². The fourth-order valence-electron chi connectivity index (χ4n) is 1.08. The van der Waals surface area contributed by atoms with E-state index in [0.29, 0.717) is 18.2 Å². The normalized spacial score (nSPS) is 14.1. The summed E-state index contributed by atoms with van der Waals surface area (Å²) < 4.78 is 26.1. The number of H-pyrrole nitrogens is 1. The number of nitrogens with zero attached hydrogens (tertiary/aromatic N) is 1. The Labute approximate surface area is 90.3 Å². The maximum atomic E-state index is 11.8. The van der Waals surface area contributed by atoms with E-state index in [1.807, 2.05) is 13.8 Å². The molecule has 0 saturated carbocycles. The second kappa shape index (κ2) is 4.76. The Morgan fingerprint density at radius 1 is 1.60 bits per heavy atom. The summed E-state index contributed by atoms with van der Waals surface area (Å²) >= 11 is 0. The molecule has 5 nitrogen and oxygen atoms in total. The Morgan fingerprint density at radius 3 is 2.73 bits per heavy atom. The number of aryl methyl sites for hydroxylation is 1. The van der Waals surface area contributed by atoms with Crippen molar-refractivity contribution >= 4 is 10.0 Å². The van der Waals surface area contributed by atoms with E-state index in [1.54, 1.807) is 6.92 Å². The van der Waals surface area contributed by atoms with Crippen molar-refractivity contribution in [3.05, 3.63) is 11.9 Å². The minimum absolute atomic E-state index is 0.228. The van der Waals surface area contributed by atoms with Crippen molar-refractivity contribution in [3.63, 3.8) is 0 Å². The van der Waals surface area contributed by atoms with Crippen molar-refractivity contribution in [1.29, 1.82) is 0 Å². The zero-order valence-electron chi connectivity index (χ0n) is 9.24. The zero-order valence-corrected chi connectivity index (χ0v) is 10.1. The van der Waals surface area contributed by atoms with E-state index in [2.05, 4.69) is 14.9 Å². The van der Waals surface area contributed by atoms with Crippen LogP contribution in [0.15, 0.2) is 11.1 Å². The molecular formula is C9H17N3O2S. The average molecular weight is 231 g/mol. The first-order valence-corrected chi connectivity index (χ1v) is 6.45. The van der Waals surface area contributed by atoms with Gasteiger partial charge in [0.1, 0.15) is 4.90 Å². The van der Waals surface area contributed by atoms with E-state index < -0.39 is 10.0 Å². The summed E-state index contributed by atoms with van der Waals surface area (Å²) in [5.41, 5.74) is 0.562. The molecule has 0 radical (unpaired) electrons. The molecule has 0 spiro atoms. The van der Waals surface area contributed by atoms with Crippen LogP contribution in [0, 0.1) is 12.8 Å². The van der Waals surface area contributed by atoms with Crippen LogP contribution in [-0.4, -0.2) is 25.2 Å². The molecule has 86 valence electrons. The van der Waals surface area contributed by atoms with Crippen LogP contribution in [0.3, 0.4) is 0 Å². The van der Waals surface area contributed by atoms with E-state index in [-0.39, 0.29) is 4.90 Å². The first-order valence-electron chi connectivity index (χ1n) is 4.97. The molecule has 0 amide bonds. The quantitative estimate of drug-likeness (QED) is 0.795. The molecule has 0 saturated heterocycles. The molecule has 6 heteroatoms. The second-order valence-corrected chi connectivity index (χ2v) is 5.46. The lowest BCUT2D eigenvalue weighted by molar-refractivity contribution is 0.528. The minimum atomic E-state index is -3.40. The summed E-state index contributed by atoms with van der Waals surface area (Å²) in [6.07, 6.45) is 2.28. The highest BCUT2D eigenvalue weighted by Crippen LogP contribution is 2.11. The number of sulfonamides is 1. The highest BCUT2D eigenvalue weighted by atomic mass is 32.2. The van der Waals surface area contributed by atoms with Gasteiger partial charge in [0.2, 0.25) is 10.0 Å². The van der Waals surface area contributed by atoms with Gasteiger partial charge in [0, 0.05) is 6.54 Å². The Bertz CT molecular complexity index is 411. The predicted octanol–water partition coefficient (Wildman–Crippen LogP) is 1.04. The summed E-state index contributed by atoms with van der Waals surface area (Å²) in [6.45, 7) is 6.18. The Hall–Kier alpha value is -0.880. The summed E-state index contributed by atoms with van der Waals surface area (Å²) in [7, 11) is -3.40. The molecule has 0 aromatic carbocycles. The van der Waals surface area contributed by atoms with Crippen molar-refractivity contribution in [2.24, 2.45) is 5.92 Å². The van der Waals surface area contributed by atoms with Crippen LogP contribution in [0.2, 0.25) is 0 Å². The largest absolute Gasteiger partial charge is 0.281 e. The Balaban J connectivity index is 2.73. The highest BCUT2D eigenvalue weighted by molar-refractivity contribution is 7.89. The first kappa shape index (κ1) is 12.2. The number of hydrogen-bond donors (Lipinski definition) is 2. The van der Waals surface area contributed by atoms with Crippen LogP contribution in [-0.2, 0) is 10.0 Å². The number of nitrogens with one attached hydrogen (secondary N) is 2. The van der Waals surface area contributed by atoms with Crippen molar-refractivity contribution in [1.82, 2.24) is 14.9 Å². The highest BCUT2D eigenvalue weighted by Gasteiger charge is 2.18. The molecule has 1 unspecified atom stereocenters. The molecule has 0 bridgehead atoms. The summed E-state index contributed by atoms with van der Waals surface area (Å²) in [6, 6.07) is 0. The summed E-state index contributed by atoms with van der Waals surface area (Å²) in [4.78, 5) is 0.228. The van der Waals surface area contributed by atoms with Crippen molar-refractivity contribution in [2.45, 2.75) is 32.1 Å². The van der Waals surface area contributed by atoms with Gasteiger partial charge in [0.15, 0.2) is 0 Å². The molecule has 1 atom stereocenters. The monoisotopic (exact) mass is 231 g/mol. The van der Waals surface area contributed by atoms with Gasteiger partial charge in [-0.05, 0) is 12.8 Å². The lowest BCUT2D eigenvalue weighted by Crippen LogP contribution is -2.28. The van der Waals surface area contributed by atoms with Crippen LogP contribution in [0.4, 0.5) is 0 Å². The van der Waals surface area contributed by atoms with Gasteiger partial charge in [-0.2, -0.15) is 5.10 Å². The van der Waals surface area contributed by atoms with Gasteiger partial charge >= 0.3 is 0 Å². The SMILES string of the molecule is CCC(C)CNS(=O)(=O)c1cn[nH]c1C. The van der Waals surface area contributed by atoms with Crippen molar-refractivity contribution in [3.8, 4) is 0 Å². The molecule has 1 aromatic heterocycles. The van der Waals surface area contributed by atoms with E-state index in [0.717, 1.165) is 6.42 Å². The maximum Gasteiger partial charge on any atom is 0.243 e. The summed E-state index contributed by atoms with van der Waals surface area (Å²) in [5.74, 6) is 0.340. The standard InChI is InChI=1S/C9H17N3O2S/c1-4-7(2)5-11-15(13,14)9-6-10-12-8(9)3/h6-7,11H,4-5H2,1-3H3,(H,10,12). The molecule has 0 aliphatic rings. The van der Waals surface area contributed by atoms with Gasteiger partial charge in [-0.1, -0.05) is 20.3 Å². The average Bonchev–Trinajstić information content (AvgIpc) is 2.61. The third-order valence-electron chi connectivity index (χ3n) is 2.39. The molecular weight excluding hydrogens is 214 g/mol. The molecule has 15 heavy (non-hydrogen) atoms. The van der Waals surface area contributed by atoms with Gasteiger partial charge < -0.3 is 0 Å². The molecule has 1 aromatic rings. The van der Waals surface area contributed by atoms with Crippen LogP contribution in [0.5, 0.6) is 0 Å². The van der Waals surface area contributed by atoms with Gasteiger partial charge in [0.05, 0.1) is 11.9 Å². The van der Waals surface area contributed by atoms with Gasteiger partial charge in [0.25, 0.3) is 0 Å². The van der Waals surface area contributed by atoms with E-state index in [4.69, 9.17) is 0 Å². The second-order valence-electron chi connectivity index (χ2n) is 3.72. The fourth-order valence-corrected chi connectivity index (χ4v) is 2.38. The number of aromatic nitrogens is 2. The fraction of sp³-hybridized carbons (Fsp3) is 0.667. The summed E-state index contributed by atoms with van der Waals surface area (Å²) in [5, 5.41) is 6.30. The van der Waals surface area contributed by atoms with Gasteiger partial charge in [-0.15, -0.1) is 0 Å². The van der Waals surface area contributed by atoms with Crippen LogP contribution >= 0.6 is 0 Å². The number of aromatic amines is 1. The third kappa shape index (κ3) is 3.04. The molecule has 0 aliphatic heterocycles. The Morgan fingerprint density at radius 2 is 2.27 bits per heavy atom. The smallest absolute Gasteiger partial charge is 0.243 e. The van der Waals surface area contributed by atoms with Gasteiger partial charge in [-0.3, -0.25) is 5.10 Å². The predicted molar refractivity (Wildman–Crippen MR) is 58.0 cm³/mol. The first-order chi connectivity index (χ1) is 6.97. The lowest BCUT2D eigenvalue weighted by atomic mass is 10.1. The zero-order chi connectivity index (χ0) is 11.5. The molecule has 0 aliphatic carbocycles. The Kier molecular flexibility index (Phi) is 3.87.